The van der Waals surface area contributed by atoms with Gasteiger partial charge in [0.05, 0.1) is 25.0 Å². The lowest BCUT2D eigenvalue weighted by Crippen LogP contribution is -2.43. The van der Waals surface area contributed by atoms with Gasteiger partial charge in [0.25, 0.3) is 0 Å². The summed E-state index contributed by atoms with van der Waals surface area (Å²) < 4.78 is 6.44. The second-order valence-corrected chi connectivity index (χ2v) is 4.13. The molecule has 0 saturated carbocycles. The molecule has 116 valence electrons. The fourth-order valence-corrected chi connectivity index (χ4v) is 1.49. The van der Waals surface area contributed by atoms with Crippen molar-refractivity contribution in [1.29, 1.82) is 0 Å². The number of primary amides is 1. The molecule has 0 aliphatic carbocycles. The minimum atomic E-state index is -1.25. The van der Waals surface area contributed by atoms with Gasteiger partial charge in [0.1, 0.15) is 13.1 Å². The topological polar surface area (TPSA) is 140 Å². The number of nitrogens with one attached hydrogen (secondary N) is 1. The summed E-state index contributed by atoms with van der Waals surface area (Å²) in [6.45, 7) is -0.156. The summed E-state index contributed by atoms with van der Waals surface area (Å²) in [7, 11) is 1.56. The molecule has 1 aromatic heterocycles. The van der Waals surface area contributed by atoms with Crippen LogP contribution in [-0.4, -0.2) is 64.5 Å². The molecule has 3 amide bonds. The Morgan fingerprint density at radius 2 is 2.19 bits per heavy atom. The standard InChI is InChI=1S/C11H17N5O5/c1-21-3-2-16-5-8(4-13-16)14-11(20)15(6-9(12)17)7-10(18)19/h4-5H,2-3,6-7H2,1H3,(H2,12,17)(H,14,20)(H,18,19). The monoisotopic (exact) mass is 299 g/mol. The lowest BCUT2D eigenvalue weighted by atomic mass is 10.4. The summed E-state index contributed by atoms with van der Waals surface area (Å²) in [5, 5.41) is 15.1. The zero-order chi connectivity index (χ0) is 15.8. The van der Waals surface area contributed by atoms with Gasteiger partial charge in [0.15, 0.2) is 0 Å². The first-order chi connectivity index (χ1) is 9.92. The van der Waals surface area contributed by atoms with Crippen LogP contribution >= 0.6 is 0 Å². The lowest BCUT2D eigenvalue weighted by molar-refractivity contribution is -0.137. The van der Waals surface area contributed by atoms with Gasteiger partial charge >= 0.3 is 12.0 Å². The van der Waals surface area contributed by atoms with Crippen molar-refractivity contribution < 1.29 is 24.2 Å². The van der Waals surface area contributed by atoms with Crippen LogP contribution in [0.4, 0.5) is 10.5 Å². The van der Waals surface area contributed by atoms with E-state index in [-0.39, 0.29) is 0 Å². The highest BCUT2D eigenvalue weighted by molar-refractivity contribution is 5.93. The summed E-state index contributed by atoms with van der Waals surface area (Å²) in [4.78, 5) is 34.2. The Labute approximate surface area is 120 Å². The maximum absolute atomic E-state index is 11.9. The van der Waals surface area contributed by atoms with Crippen LogP contribution < -0.4 is 11.1 Å². The molecule has 0 radical (unpaired) electrons. The minimum absolute atomic E-state index is 0.371. The van der Waals surface area contributed by atoms with Crippen molar-refractivity contribution >= 4 is 23.6 Å². The van der Waals surface area contributed by atoms with Gasteiger partial charge in [-0.15, -0.1) is 0 Å². The van der Waals surface area contributed by atoms with Crippen LogP contribution in [0.5, 0.6) is 0 Å². The summed E-state index contributed by atoms with van der Waals surface area (Å²) >= 11 is 0. The van der Waals surface area contributed by atoms with Crippen molar-refractivity contribution in [3.8, 4) is 0 Å². The van der Waals surface area contributed by atoms with Crippen LogP contribution in [0.1, 0.15) is 0 Å². The van der Waals surface area contributed by atoms with Crippen LogP contribution in [-0.2, 0) is 20.9 Å². The van der Waals surface area contributed by atoms with Crippen molar-refractivity contribution in [2.75, 3.05) is 32.1 Å². The van der Waals surface area contributed by atoms with E-state index in [4.69, 9.17) is 15.6 Å². The van der Waals surface area contributed by atoms with Gasteiger partial charge in [-0.3, -0.25) is 14.3 Å². The van der Waals surface area contributed by atoms with Crippen LogP contribution in [0.15, 0.2) is 12.4 Å². The van der Waals surface area contributed by atoms with Crippen molar-refractivity contribution in [2.24, 2.45) is 5.73 Å². The quantitative estimate of drug-likeness (QED) is 0.558. The van der Waals surface area contributed by atoms with Gasteiger partial charge < -0.3 is 25.8 Å². The number of hydrogen-bond acceptors (Lipinski definition) is 5. The molecule has 10 nitrogen and oxygen atoms in total. The van der Waals surface area contributed by atoms with Crippen LogP contribution in [0, 0.1) is 0 Å². The predicted molar refractivity (Wildman–Crippen MR) is 71.5 cm³/mol. The molecule has 0 spiro atoms. The third kappa shape index (κ3) is 5.91. The zero-order valence-corrected chi connectivity index (χ0v) is 11.5. The third-order valence-corrected chi connectivity index (χ3v) is 2.37. The molecule has 0 saturated heterocycles. The average molecular weight is 299 g/mol. The molecule has 0 aliphatic rings. The molecule has 0 unspecified atom stereocenters. The first-order valence-corrected chi connectivity index (χ1v) is 5.99. The molecule has 0 atom stereocenters. The molecule has 0 aliphatic heterocycles. The molecular formula is C11H17N5O5. The van der Waals surface area contributed by atoms with E-state index < -0.39 is 31.0 Å². The highest BCUT2D eigenvalue weighted by atomic mass is 16.5. The molecule has 1 heterocycles. The Bertz CT molecular complexity index is 499. The number of aromatic nitrogens is 2. The molecule has 0 bridgehead atoms. The van der Waals surface area contributed by atoms with E-state index in [1.165, 1.54) is 6.20 Å². The van der Waals surface area contributed by atoms with E-state index in [2.05, 4.69) is 10.4 Å². The van der Waals surface area contributed by atoms with Gasteiger partial charge in [-0.25, -0.2) is 4.79 Å². The normalized spacial score (nSPS) is 10.1. The minimum Gasteiger partial charge on any atom is -0.480 e. The van der Waals surface area contributed by atoms with Gasteiger partial charge in [-0.2, -0.15) is 5.10 Å². The number of urea groups is 1. The lowest BCUT2D eigenvalue weighted by Gasteiger charge is -2.18. The number of carbonyl (C=O) groups is 3. The molecule has 1 rings (SSSR count). The SMILES string of the molecule is COCCn1cc(NC(=O)N(CC(N)=O)CC(=O)O)cn1. The molecule has 10 heteroatoms. The number of methoxy groups -OCH3 is 1. The Morgan fingerprint density at radius 1 is 1.48 bits per heavy atom. The highest BCUT2D eigenvalue weighted by Gasteiger charge is 2.19. The third-order valence-electron chi connectivity index (χ3n) is 2.37. The summed E-state index contributed by atoms with van der Waals surface area (Å²) in [6, 6.07) is -0.748. The maximum Gasteiger partial charge on any atom is 0.323 e. The number of nitrogens with two attached hydrogens (primary N) is 1. The van der Waals surface area contributed by atoms with Gasteiger partial charge in [-0.1, -0.05) is 0 Å². The summed E-state index contributed by atoms with van der Waals surface area (Å²) in [5.74, 6) is -2.05. The second-order valence-electron chi connectivity index (χ2n) is 4.13. The summed E-state index contributed by atoms with van der Waals surface area (Å²) in [5.41, 5.74) is 5.35. The van der Waals surface area contributed by atoms with Crippen LogP contribution in [0.3, 0.4) is 0 Å². The average Bonchev–Trinajstić information content (AvgIpc) is 2.82. The number of aliphatic carboxylic acids is 1. The van der Waals surface area contributed by atoms with E-state index in [1.54, 1.807) is 18.0 Å². The number of carboxylic acid groups (broad SMARTS) is 1. The predicted octanol–water partition coefficient (Wildman–Crippen LogP) is -1.07. The van der Waals surface area contributed by atoms with E-state index >= 15 is 0 Å². The number of carbonyl (C=O) groups excluding carboxylic acids is 2. The van der Waals surface area contributed by atoms with E-state index in [1.807, 2.05) is 0 Å². The van der Waals surface area contributed by atoms with Crippen molar-refractivity contribution in [2.45, 2.75) is 6.54 Å². The van der Waals surface area contributed by atoms with Crippen LogP contribution in [0.25, 0.3) is 0 Å². The number of anilines is 1. The second kappa shape index (κ2) is 7.85. The number of amides is 3. The molecule has 21 heavy (non-hydrogen) atoms. The van der Waals surface area contributed by atoms with Crippen molar-refractivity contribution in [3.63, 3.8) is 0 Å². The van der Waals surface area contributed by atoms with Crippen molar-refractivity contribution in [1.82, 2.24) is 14.7 Å². The Balaban J connectivity index is 2.64. The Hall–Kier alpha value is -2.62. The van der Waals surface area contributed by atoms with Crippen molar-refractivity contribution in [3.05, 3.63) is 12.4 Å². The smallest absolute Gasteiger partial charge is 0.323 e. The van der Waals surface area contributed by atoms with Crippen LogP contribution in [0.2, 0.25) is 0 Å². The van der Waals surface area contributed by atoms with Gasteiger partial charge in [-0.05, 0) is 0 Å². The number of ether oxygens (including phenoxy) is 1. The Morgan fingerprint density at radius 3 is 2.76 bits per heavy atom. The molecule has 1 aromatic rings. The number of hydrogen-bond donors (Lipinski definition) is 3. The van der Waals surface area contributed by atoms with E-state index in [0.717, 1.165) is 4.90 Å². The fraction of sp³-hybridized carbons (Fsp3) is 0.455. The highest BCUT2D eigenvalue weighted by Crippen LogP contribution is 2.06. The van der Waals surface area contributed by atoms with E-state index in [9.17, 15) is 14.4 Å². The molecular weight excluding hydrogens is 282 g/mol. The largest absolute Gasteiger partial charge is 0.480 e. The molecule has 4 N–H and O–H groups in total. The van der Waals surface area contributed by atoms with E-state index in [0.29, 0.717) is 18.8 Å². The van der Waals surface area contributed by atoms with Gasteiger partial charge in [0, 0.05) is 13.3 Å². The first kappa shape index (κ1) is 16.4. The molecule has 0 aromatic carbocycles. The van der Waals surface area contributed by atoms with Gasteiger partial charge in [0.2, 0.25) is 5.91 Å². The maximum atomic E-state index is 11.9. The zero-order valence-electron chi connectivity index (χ0n) is 11.5. The number of carboxylic acids is 1. The molecule has 0 fully saturated rings. The first-order valence-electron chi connectivity index (χ1n) is 5.99. The summed E-state index contributed by atoms with van der Waals surface area (Å²) in [6.07, 6.45) is 2.96. The fourth-order valence-electron chi connectivity index (χ4n) is 1.49. The Kier molecular flexibility index (Phi) is 6.14. The number of nitrogens with zero attached hydrogens (tertiary/aromatic N) is 3. The number of rotatable bonds is 8.